The van der Waals surface area contributed by atoms with Crippen LogP contribution in [0.2, 0.25) is 5.02 Å². The van der Waals surface area contributed by atoms with Crippen LogP contribution in [0.1, 0.15) is 18.0 Å². The van der Waals surface area contributed by atoms with Crippen LogP contribution in [0.3, 0.4) is 0 Å². The Hall–Kier alpha value is -0.530. The Labute approximate surface area is 78.7 Å². The summed E-state index contributed by atoms with van der Waals surface area (Å²) in [4.78, 5) is 0. The van der Waals surface area contributed by atoms with Crippen molar-refractivity contribution in [2.45, 2.75) is 12.5 Å². The van der Waals surface area contributed by atoms with Crippen molar-refractivity contribution >= 4 is 11.6 Å². The SMILES string of the molecule is [CH2]CC(NC)c1ccc(Cl)cc1. The molecule has 0 aliphatic rings. The van der Waals surface area contributed by atoms with E-state index < -0.39 is 0 Å². The van der Waals surface area contributed by atoms with Gasteiger partial charge in [0.25, 0.3) is 0 Å². The third-order valence-electron chi connectivity index (χ3n) is 1.91. The molecule has 12 heavy (non-hydrogen) atoms. The molecule has 0 heterocycles. The molecule has 1 nitrogen and oxygen atoms in total. The molecule has 1 aromatic carbocycles. The quantitative estimate of drug-likeness (QED) is 0.758. The van der Waals surface area contributed by atoms with Gasteiger partial charge in [0.1, 0.15) is 0 Å². The molecular weight excluding hydrogens is 170 g/mol. The van der Waals surface area contributed by atoms with Gasteiger partial charge in [-0.2, -0.15) is 0 Å². The van der Waals surface area contributed by atoms with Crippen LogP contribution in [0, 0.1) is 6.92 Å². The summed E-state index contributed by atoms with van der Waals surface area (Å²) in [5, 5.41) is 3.96. The average Bonchev–Trinajstić information content (AvgIpc) is 2.10. The molecule has 0 bridgehead atoms. The first kappa shape index (κ1) is 9.56. The smallest absolute Gasteiger partial charge is 0.0406 e. The predicted octanol–water partition coefficient (Wildman–Crippen LogP) is 2.82. The van der Waals surface area contributed by atoms with Crippen LogP contribution in [0.4, 0.5) is 0 Å². The minimum atomic E-state index is 0.335. The Morgan fingerprint density at radius 2 is 2.00 bits per heavy atom. The number of rotatable bonds is 3. The van der Waals surface area contributed by atoms with Crippen molar-refractivity contribution in [2.75, 3.05) is 7.05 Å². The third-order valence-corrected chi connectivity index (χ3v) is 2.16. The second-order valence-corrected chi connectivity index (χ2v) is 3.12. The van der Waals surface area contributed by atoms with E-state index in [1.54, 1.807) is 0 Å². The molecule has 1 rings (SSSR count). The van der Waals surface area contributed by atoms with E-state index in [1.165, 1.54) is 5.56 Å². The molecule has 1 aromatic rings. The summed E-state index contributed by atoms with van der Waals surface area (Å²) < 4.78 is 0. The van der Waals surface area contributed by atoms with Gasteiger partial charge in [-0.05, 0) is 31.2 Å². The van der Waals surface area contributed by atoms with Crippen molar-refractivity contribution in [2.24, 2.45) is 0 Å². The van der Waals surface area contributed by atoms with Gasteiger partial charge in [0, 0.05) is 11.1 Å². The molecule has 65 valence electrons. The van der Waals surface area contributed by atoms with Crippen LogP contribution in [0.25, 0.3) is 0 Å². The zero-order chi connectivity index (χ0) is 8.97. The first-order valence-corrected chi connectivity index (χ1v) is 4.37. The van der Waals surface area contributed by atoms with E-state index in [0.29, 0.717) is 6.04 Å². The van der Waals surface area contributed by atoms with E-state index in [4.69, 9.17) is 11.6 Å². The van der Waals surface area contributed by atoms with Crippen molar-refractivity contribution in [3.63, 3.8) is 0 Å². The lowest BCUT2D eigenvalue weighted by Gasteiger charge is -2.13. The Bertz CT molecular complexity index is 226. The normalized spacial score (nSPS) is 12.9. The first-order chi connectivity index (χ1) is 5.77. The molecule has 0 saturated carbocycles. The Morgan fingerprint density at radius 3 is 2.42 bits per heavy atom. The lowest BCUT2D eigenvalue weighted by atomic mass is 10.1. The molecule has 0 amide bonds. The molecule has 1 unspecified atom stereocenters. The predicted molar refractivity (Wildman–Crippen MR) is 53.2 cm³/mol. The van der Waals surface area contributed by atoms with Gasteiger partial charge >= 0.3 is 0 Å². The van der Waals surface area contributed by atoms with Gasteiger partial charge in [0.05, 0.1) is 0 Å². The van der Waals surface area contributed by atoms with E-state index in [1.807, 2.05) is 31.3 Å². The van der Waals surface area contributed by atoms with Gasteiger partial charge in [-0.25, -0.2) is 0 Å². The maximum Gasteiger partial charge on any atom is 0.0406 e. The van der Waals surface area contributed by atoms with Crippen LogP contribution in [0.5, 0.6) is 0 Å². The number of nitrogens with one attached hydrogen (secondary N) is 1. The number of halogens is 1. The molecule has 1 radical (unpaired) electrons. The standard InChI is InChI=1S/C10H13ClN/c1-3-10(12-2)8-4-6-9(11)7-5-8/h4-7,10,12H,1,3H2,2H3. The minimum Gasteiger partial charge on any atom is -0.313 e. The van der Waals surface area contributed by atoms with Crippen molar-refractivity contribution in [3.05, 3.63) is 41.8 Å². The summed E-state index contributed by atoms with van der Waals surface area (Å²) >= 11 is 5.77. The van der Waals surface area contributed by atoms with Gasteiger partial charge in [0.15, 0.2) is 0 Å². The fourth-order valence-corrected chi connectivity index (χ4v) is 1.30. The zero-order valence-corrected chi connectivity index (χ0v) is 7.93. The van der Waals surface area contributed by atoms with Crippen molar-refractivity contribution in [1.29, 1.82) is 0 Å². The van der Waals surface area contributed by atoms with Gasteiger partial charge in [0.2, 0.25) is 0 Å². The van der Waals surface area contributed by atoms with Crippen molar-refractivity contribution < 1.29 is 0 Å². The van der Waals surface area contributed by atoms with Crippen molar-refractivity contribution in [1.82, 2.24) is 5.32 Å². The molecule has 0 fully saturated rings. The average molecular weight is 183 g/mol. The van der Waals surface area contributed by atoms with Crippen LogP contribution in [0.15, 0.2) is 24.3 Å². The molecule has 2 heteroatoms. The molecular formula is C10H13ClN. The van der Waals surface area contributed by atoms with Crippen LogP contribution in [-0.4, -0.2) is 7.05 Å². The van der Waals surface area contributed by atoms with Crippen LogP contribution in [-0.2, 0) is 0 Å². The number of hydrogen-bond acceptors (Lipinski definition) is 1. The first-order valence-electron chi connectivity index (χ1n) is 4.00. The highest BCUT2D eigenvalue weighted by Crippen LogP contribution is 2.17. The highest BCUT2D eigenvalue weighted by Gasteiger charge is 2.04. The highest BCUT2D eigenvalue weighted by molar-refractivity contribution is 6.30. The Kier molecular flexibility index (Phi) is 3.57. The Balaban J connectivity index is 2.80. The summed E-state index contributed by atoms with van der Waals surface area (Å²) in [6.07, 6.45) is 0.845. The van der Waals surface area contributed by atoms with E-state index in [9.17, 15) is 0 Å². The molecule has 1 N–H and O–H groups in total. The van der Waals surface area contributed by atoms with E-state index in [0.717, 1.165) is 11.4 Å². The summed E-state index contributed by atoms with van der Waals surface area (Å²) in [6, 6.07) is 8.18. The second kappa shape index (κ2) is 4.48. The fourth-order valence-electron chi connectivity index (χ4n) is 1.17. The molecule has 0 aliphatic carbocycles. The third kappa shape index (κ3) is 2.23. The van der Waals surface area contributed by atoms with Gasteiger partial charge in [-0.3, -0.25) is 0 Å². The lowest BCUT2D eigenvalue weighted by molar-refractivity contribution is 0.601. The van der Waals surface area contributed by atoms with Crippen LogP contribution < -0.4 is 5.32 Å². The number of hydrogen-bond donors (Lipinski definition) is 1. The fraction of sp³-hybridized carbons (Fsp3) is 0.300. The summed E-state index contributed by atoms with van der Waals surface area (Å²) in [5.41, 5.74) is 1.23. The lowest BCUT2D eigenvalue weighted by Crippen LogP contribution is -2.14. The van der Waals surface area contributed by atoms with E-state index in [-0.39, 0.29) is 0 Å². The molecule has 1 atom stereocenters. The second-order valence-electron chi connectivity index (χ2n) is 2.68. The molecule has 0 saturated heterocycles. The van der Waals surface area contributed by atoms with E-state index in [2.05, 4.69) is 12.2 Å². The van der Waals surface area contributed by atoms with E-state index >= 15 is 0 Å². The Morgan fingerprint density at radius 1 is 1.42 bits per heavy atom. The van der Waals surface area contributed by atoms with Crippen molar-refractivity contribution in [3.8, 4) is 0 Å². The molecule has 0 aromatic heterocycles. The maximum atomic E-state index is 5.77. The summed E-state index contributed by atoms with van der Waals surface area (Å²) in [7, 11) is 1.93. The zero-order valence-electron chi connectivity index (χ0n) is 7.18. The number of benzene rings is 1. The van der Waals surface area contributed by atoms with Crippen LogP contribution >= 0.6 is 11.6 Å². The maximum absolute atomic E-state index is 5.77. The monoisotopic (exact) mass is 182 g/mol. The highest BCUT2D eigenvalue weighted by atomic mass is 35.5. The largest absolute Gasteiger partial charge is 0.313 e. The molecule has 0 aliphatic heterocycles. The topological polar surface area (TPSA) is 12.0 Å². The molecule has 0 spiro atoms. The summed E-state index contributed by atoms with van der Waals surface area (Å²) in [5.74, 6) is 0. The van der Waals surface area contributed by atoms with Gasteiger partial charge in [-0.1, -0.05) is 30.7 Å². The van der Waals surface area contributed by atoms with Gasteiger partial charge < -0.3 is 5.32 Å². The summed E-state index contributed by atoms with van der Waals surface area (Å²) in [6.45, 7) is 3.86. The minimum absolute atomic E-state index is 0.335. The van der Waals surface area contributed by atoms with Gasteiger partial charge in [-0.15, -0.1) is 0 Å².